The van der Waals surface area contributed by atoms with Gasteiger partial charge in [-0.15, -0.1) is 8.46 Å². The predicted octanol–water partition coefficient (Wildman–Crippen LogP) is 7.17. The van der Waals surface area contributed by atoms with Crippen molar-refractivity contribution in [2.75, 3.05) is 0 Å². The van der Waals surface area contributed by atoms with Crippen LogP contribution in [0.4, 0.5) is 0 Å². The number of hydrogen-bond acceptors (Lipinski definition) is 0. The van der Waals surface area contributed by atoms with Gasteiger partial charge in [0, 0.05) is 20.0 Å². The highest BCUT2D eigenvalue weighted by Gasteiger charge is 2.27. The molecular formula is C19H16Br2S. The minimum Gasteiger partial charge on any atom is -0.101 e. The zero-order chi connectivity index (χ0) is 15.4. The van der Waals surface area contributed by atoms with Crippen LogP contribution in [0, 0.1) is 0 Å². The van der Waals surface area contributed by atoms with Gasteiger partial charge in [-0.3, -0.25) is 0 Å². The van der Waals surface area contributed by atoms with Crippen LogP contribution >= 0.6 is 39.2 Å². The molecule has 112 valence electrons. The first-order valence-electron chi connectivity index (χ1n) is 7.03. The minimum atomic E-state index is -1.40. The lowest BCUT2D eigenvalue weighted by molar-refractivity contribution is 1.30. The van der Waals surface area contributed by atoms with Crippen molar-refractivity contribution in [3.8, 4) is 0 Å². The van der Waals surface area contributed by atoms with Crippen molar-refractivity contribution >= 4 is 39.2 Å². The number of halogens is 2. The molecule has 0 nitrogen and oxygen atoms in total. The van der Waals surface area contributed by atoms with Gasteiger partial charge in [0.15, 0.2) is 0 Å². The Morgan fingerprint density at radius 2 is 1.00 bits per heavy atom. The van der Waals surface area contributed by atoms with E-state index in [0.29, 0.717) is 0 Å². The van der Waals surface area contributed by atoms with Gasteiger partial charge in [-0.2, -0.15) is 0 Å². The van der Waals surface area contributed by atoms with Crippen molar-refractivity contribution in [3.05, 3.63) is 90.5 Å². The van der Waals surface area contributed by atoms with E-state index in [4.69, 9.17) is 0 Å². The van der Waals surface area contributed by atoms with E-state index < -0.39 is 8.46 Å². The van der Waals surface area contributed by atoms with E-state index >= 15 is 0 Å². The fourth-order valence-corrected chi connectivity index (χ4v) is 7.10. The van der Waals surface area contributed by atoms with E-state index in [1.165, 1.54) is 20.2 Å². The summed E-state index contributed by atoms with van der Waals surface area (Å²) in [5.74, 6) is 0. The standard InChI is InChI=1S/C19H16Br2S/c20-15-16-11-13-19(14-12-16)22(21,17-7-3-1-4-8-17)18-9-5-2-6-10-18/h1-14H,15H2. The van der Waals surface area contributed by atoms with Gasteiger partial charge in [0.1, 0.15) is 0 Å². The largest absolute Gasteiger partial charge is 0.101 e. The summed E-state index contributed by atoms with van der Waals surface area (Å²) in [6.07, 6.45) is 0. The minimum absolute atomic E-state index is 0.884. The molecule has 0 bridgehead atoms. The second-order valence-corrected chi connectivity index (χ2v) is 10.9. The van der Waals surface area contributed by atoms with Crippen LogP contribution in [0.3, 0.4) is 0 Å². The second kappa shape index (κ2) is 7.03. The predicted molar refractivity (Wildman–Crippen MR) is 103 cm³/mol. The number of alkyl halides is 1. The van der Waals surface area contributed by atoms with Crippen LogP contribution < -0.4 is 0 Å². The molecule has 22 heavy (non-hydrogen) atoms. The second-order valence-electron chi connectivity index (χ2n) is 4.94. The van der Waals surface area contributed by atoms with Gasteiger partial charge in [0.25, 0.3) is 0 Å². The summed E-state index contributed by atoms with van der Waals surface area (Å²) in [5, 5.41) is 0.884. The van der Waals surface area contributed by atoms with Crippen LogP contribution in [0.25, 0.3) is 0 Å². The normalized spacial score (nSPS) is 12.1. The van der Waals surface area contributed by atoms with E-state index in [1.54, 1.807) is 0 Å². The first kappa shape index (κ1) is 15.9. The van der Waals surface area contributed by atoms with Crippen LogP contribution in [0.5, 0.6) is 0 Å². The van der Waals surface area contributed by atoms with E-state index in [2.05, 4.69) is 116 Å². The molecule has 0 heterocycles. The van der Waals surface area contributed by atoms with Gasteiger partial charge < -0.3 is 0 Å². The van der Waals surface area contributed by atoms with E-state index in [-0.39, 0.29) is 0 Å². The topological polar surface area (TPSA) is 0 Å². The van der Waals surface area contributed by atoms with Gasteiger partial charge in [0.05, 0.1) is 0 Å². The summed E-state index contributed by atoms with van der Waals surface area (Å²) in [4.78, 5) is 3.94. The molecule has 3 heteroatoms. The van der Waals surface area contributed by atoms with Crippen LogP contribution in [0.1, 0.15) is 5.56 Å². The zero-order valence-electron chi connectivity index (χ0n) is 12.0. The van der Waals surface area contributed by atoms with Gasteiger partial charge in [-0.1, -0.05) is 64.5 Å². The summed E-state index contributed by atoms with van der Waals surface area (Å²) >= 11 is 7.65. The zero-order valence-corrected chi connectivity index (χ0v) is 15.9. The summed E-state index contributed by atoms with van der Waals surface area (Å²) in [6.45, 7) is 0. The molecule has 0 radical (unpaired) electrons. The Morgan fingerprint density at radius 1 is 0.591 bits per heavy atom. The van der Waals surface area contributed by atoms with Crippen molar-refractivity contribution in [1.29, 1.82) is 0 Å². The summed E-state index contributed by atoms with van der Waals surface area (Å²) < 4.78 is 0. The molecule has 0 aliphatic rings. The van der Waals surface area contributed by atoms with Gasteiger partial charge >= 0.3 is 0 Å². The highest BCUT2D eigenvalue weighted by atomic mass is 79.9. The molecule has 0 saturated heterocycles. The maximum absolute atomic E-state index is 4.13. The molecule has 0 atom stereocenters. The molecule has 3 aromatic carbocycles. The lowest BCUT2D eigenvalue weighted by atomic mass is 10.2. The monoisotopic (exact) mass is 434 g/mol. The lowest BCUT2D eigenvalue weighted by Crippen LogP contribution is -1.96. The van der Waals surface area contributed by atoms with Crippen molar-refractivity contribution in [3.63, 3.8) is 0 Å². The summed E-state index contributed by atoms with van der Waals surface area (Å²) in [5.41, 5.74) is 1.29. The Hall–Kier alpha value is -1.03. The Kier molecular flexibility index (Phi) is 5.07. The SMILES string of the molecule is BrCc1ccc(S(Br)(c2ccccc2)c2ccccc2)cc1. The highest BCUT2D eigenvalue weighted by Crippen LogP contribution is 2.73. The molecule has 0 unspecified atom stereocenters. The molecule has 0 spiro atoms. The molecule has 0 aliphatic carbocycles. The Balaban J connectivity index is 2.18. The fourth-order valence-electron chi connectivity index (χ4n) is 2.39. The van der Waals surface area contributed by atoms with Crippen LogP contribution in [0.2, 0.25) is 0 Å². The van der Waals surface area contributed by atoms with Crippen molar-refractivity contribution in [2.45, 2.75) is 20.0 Å². The van der Waals surface area contributed by atoms with Crippen LogP contribution in [0.15, 0.2) is 99.6 Å². The maximum Gasteiger partial charge on any atom is 0.0283 e. The van der Waals surface area contributed by atoms with Crippen molar-refractivity contribution in [2.24, 2.45) is 0 Å². The first-order chi connectivity index (χ1) is 10.7. The van der Waals surface area contributed by atoms with Crippen LogP contribution in [-0.4, -0.2) is 0 Å². The average Bonchev–Trinajstić information content (AvgIpc) is 2.62. The molecule has 0 aromatic heterocycles. The van der Waals surface area contributed by atoms with Gasteiger partial charge in [0.2, 0.25) is 0 Å². The third-order valence-corrected chi connectivity index (χ3v) is 10.3. The molecular weight excluding hydrogens is 420 g/mol. The van der Waals surface area contributed by atoms with Crippen LogP contribution in [-0.2, 0) is 5.33 Å². The van der Waals surface area contributed by atoms with Gasteiger partial charge in [-0.05, 0) is 56.8 Å². The Bertz CT molecular complexity index is 685. The smallest absolute Gasteiger partial charge is 0.0283 e. The van der Waals surface area contributed by atoms with Crippen molar-refractivity contribution < 1.29 is 0 Å². The molecule has 0 amide bonds. The van der Waals surface area contributed by atoms with Crippen molar-refractivity contribution in [1.82, 2.24) is 0 Å². The number of hydrogen-bond donors (Lipinski definition) is 0. The Morgan fingerprint density at radius 3 is 1.41 bits per heavy atom. The average molecular weight is 436 g/mol. The number of rotatable bonds is 4. The number of benzene rings is 3. The maximum atomic E-state index is 4.13. The highest BCUT2D eigenvalue weighted by molar-refractivity contribution is 9.58. The molecule has 0 N–H and O–H groups in total. The van der Waals surface area contributed by atoms with E-state index in [0.717, 1.165) is 5.33 Å². The van der Waals surface area contributed by atoms with E-state index in [1.807, 2.05) is 0 Å². The summed E-state index contributed by atoms with van der Waals surface area (Å²) in [6, 6.07) is 30.2. The third kappa shape index (κ3) is 3.03. The molecule has 0 aliphatic heterocycles. The quantitative estimate of drug-likeness (QED) is 0.381. The summed E-state index contributed by atoms with van der Waals surface area (Å²) in [7, 11) is -1.40. The molecule has 0 fully saturated rings. The molecule has 0 saturated carbocycles. The molecule has 3 rings (SSSR count). The van der Waals surface area contributed by atoms with Gasteiger partial charge in [-0.25, -0.2) is 0 Å². The first-order valence-corrected chi connectivity index (χ1v) is 11.6. The van der Waals surface area contributed by atoms with E-state index in [9.17, 15) is 0 Å². The lowest BCUT2D eigenvalue weighted by Gasteiger charge is -2.35. The third-order valence-electron chi connectivity index (χ3n) is 3.54. The molecule has 3 aromatic rings. The Labute approximate surface area is 149 Å². The fraction of sp³-hybridized carbons (Fsp3) is 0.0526.